The van der Waals surface area contributed by atoms with Gasteiger partial charge in [0.25, 0.3) is 0 Å². The van der Waals surface area contributed by atoms with E-state index in [0.29, 0.717) is 11.5 Å². The second-order valence-corrected chi connectivity index (χ2v) is 5.31. The normalized spacial score (nSPS) is 23.2. The number of methoxy groups -OCH3 is 1. The van der Waals surface area contributed by atoms with Crippen LogP contribution in [0.25, 0.3) is 0 Å². The van der Waals surface area contributed by atoms with E-state index in [2.05, 4.69) is 11.7 Å². The topological polar surface area (TPSA) is 26.3 Å². The van der Waals surface area contributed by atoms with Crippen LogP contribution in [-0.4, -0.2) is 13.1 Å². The van der Waals surface area contributed by atoms with Crippen LogP contribution in [0, 0.1) is 17.6 Å². The predicted molar refractivity (Wildman–Crippen MR) is 68.1 cm³/mol. The van der Waals surface area contributed by atoms with Crippen molar-refractivity contribution in [1.82, 2.24) is 0 Å². The molecule has 19 heavy (non-hydrogen) atoms. The molecule has 4 heteroatoms. The van der Waals surface area contributed by atoms with E-state index in [9.17, 15) is 13.6 Å². The van der Waals surface area contributed by atoms with Gasteiger partial charge in [0.2, 0.25) is 0 Å². The summed E-state index contributed by atoms with van der Waals surface area (Å²) < 4.78 is 32.1. The van der Waals surface area contributed by atoms with E-state index in [1.165, 1.54) is 12.1 Å². The molecule has 0 aliphatic heterocycles. The van der Waals surface area contributed by atoms with E-state index in [-0.39, 0.29) is 5.92 Å². The molecule has 1 aliphatic rings. The highest BCUT2D eigenvalue weighted by atomic mass is 19.1. The lowest BCUT2D eigenvalue weighted by Gasteiger charge is -2.26. The molecule has 0 N–H and O–H groups in total. The molecule has 1 aromatic carbocycles. The highest BCUT2D eigenvalue weighted by Gasteiger charge is 2.24. The smallest absolute Gasteiger partial charge is 0.343 e. The highest BCUT2D eigenvalue weighted by molar-refractivity contribution is 5.90. The summed E-state index contributed by atoms with van der Waals surface area (Å²) in [5.74, 6) is -1.77. The lowest BCUT2D eigenvalue weighted by Crippen LogP contribution is -2.13. The Bertz CT molecular complexity index is 454. The average molecular weight is 268 g/mol. The van der Waals surface area contributed by atoms with Gasteiger partial charge in [-0.1, -0.05) is 19.8 Å². The third-order valence-corrected chi connectivity index (χ3v) is 3.94. The van der Waals surface area contributed by atoms with Gasteiger partial charge in [0, 0.05) is 0 Å². The van der Waals surface area contributed by atoms with E-state index >= 15 is 0 Å². The van der Waals surface area contributed by atoms with Crippen molar-refractivity contribution in [3.05, 3.63) is 34.9 Å². The second-order valence-electron chi connectivity index (χ2n) is 5.31. The van der Waals surface area contributed by atoms with Gasteiger partial charge < -0.3 is 4.74 Å². The summed E-state index contributed by atoms with van der Waals surface area (Å²) in [6, 6.07) is 2.55. The Labute approximate surface area is 111 Å². The number of carbonyl (C=O) groups excluding carboxylic acids is 1. The molecular weight excluding hydrogens is 250 g/mol. The number of ether oxygens (including phenoxy) is 1. The second kappa shape index (κ2) is 5.68. The molecule has 0 aromatic heterocycles. The summed E-state index contributed by atoms with van der Waals surface area (Å²) in [4.78, 5) is 11.3. The summed E-state index contributed by atoms with van der Waals surface area (Å²) in [5, 5.41) is 0. The number of carbonyl (C=O) groups is 1. The minimum atomic E-state index is -0.973. The summed E-state index contributed by atoms with van der Waals surface area (Å²) >= 11 is 0. The van der Waals surface area contributed by atoms with E-state index < -0.39 is 23.2 Å². The third kappa shape index (κ3) is 2.94. The van der Waals surface area contributed by atoms with Crippen LogP contribution >= 0.6 is 0 Å². The molecule has 2 nitrogen and oxygen atoms in total. The lowest BCUT2D eigenvalue weighted by molar-refractivity contribution is 0.0589. The van der Waals surface area contributed by atoms with Crippen molar-refractivity contribution in [3.63, 3.8) is 0 Å². The van der Waals surface area contributed by atoms with E-state index in [1.54, 1.807) is 0 Å². The van der Waals surface area contributed by atoms with Gasteiger partial charge >= 0.3 is 5.97 Å². The van der Waals surface area contributed by atoms with Crippen LogP contribution in [0.1, 0.15) is 54.4 Å². The number of rotatable bonds is 2. The SMILES string of the molecule is COC(=O)c1c(F)cc(C2CCC(C)CC2)cc1F. The largest absolute Gasteiger partial charge is 0.465 e. The Morgan fingerprint density at radius 1 is 1.16 bits per heavy atom. The summed E-state index contributed by atoms with van der Waals surface area (Å²) in [5.41, 5.74) is 0.0463. The van der Waals surface area contributed by atoms with Gasteiger partial charge in [-0.15, -0.1) is 0 Å². The summed E-state index contributed by atoms with van der Waals surface area (Å²) in [6.07, 6.45) is 4.04. The van der Waals surface area contributed by atoms with Crippen LogP contribution in [0.15, 0.2) is 12.1 Å². The van der Waals surface area contributed by atoms with Gasteiger partial charge in [0.15, 0.2) is 0 Å². The number of hydrogen-bond acceptors (Lipinski definition) is 2. The highest BCUT2D eigenvalue weighted by Crippen LogP contribution is 2.36. The number of esters is 1. The fourth-order valence-electron chi connectivity index (χ4n) is 2.72. The fraction of sp³-hybridized carbons (Fsp3) is 0.533. The van der Waals surface area contributed by atoms with Crippen molar-refractivity contribution in [1.29, 1.82) is 0 Å². The van der Waals surface area contributed by atoms with Gasteiger partial charge in [-0.25, -0.2) is 13.6 Å². The van der Waals surface area contributed by atoms with Gasteiger partial charge in [0.1, 0.15) is 17.2 Å². The van der Waals surface area contributed by atoms with Gasteiger partial charge in [0.05, 0.1) is 7.11 Å². The van der Waals surface area contributed by atoms with Crippen molar-refractivity contribution in [2.45, 2.75) is 38.5 Å². The van der Waals surface area contributed by atoms with E-state index in [4.69, 9.17) is 0 Å². The van der Waals surface area contributed by atoms with Crippen LogP contribution in [-0.2, 0) is 4.74 Å². The first-order valence-electron chi connectivity index (χ1n) is 6.60. The van der Waals surface area contributed by atoms with Crippen molar-refractivity contribution < 1.29 is 18.3 Å². The van der Waals surface area contributed by atoms with Crippen LogP contribution in [0.4, 0.5) is 8.78 Å². The first kappa shape index (κ1) is 14.0. The van der Waals surface area contributed by atoms with Crippen molar-refractivity contribution >= 4 is 5.97 Å². The number of benzene rings is 1. The average Bonchev–Trinajstić information content (AvgIpc) is 2.38. The van der Waals surface area contributed by atoms with Crippen LogP contribution in [0.3, 0.4) is 0 Å². The Morgan fingerprint density at radius 3 is 2.16 bits per heavy atom. The Kier molecular flexibility index (Phi) is 4.17. The first-order chi connectivity index (χ1) is 9.02. The molecule has 0 spiro atoms. The van der Waals surface area contributed by atoms with E-state index in [1.807, 2.05) is 0 Å². The van der Waals surface area contributed by atoms with Crippen LogP contribution in [0.2, 0.25) is 0 Å². The minimum Gasteiger partial charge on any atom is -0.465 e. The van der Waals surface area contributed by atoms with Crippen molar-refractivity contribution in [3.8, 4) is 0 Å². The zero-order chi connectivity index (χ0) is 14.0. The Balaban J connectivity index is 2.27. The Hall–Kier alpha value is -1.45. The predicted octanol–water partition coefficient (Wildman–Crippen LogP) is 4.05. The monoisotopic (exact) mass is 268 g/mol. The van der Waals surface area contributed by atoms with Gasteiger partial charge in [-0.2, -0.15) is 0 Å². The zero-order valence-corrected chi connectivity index (χ0v) is 11.2. The van der Waals surface area contributed by atoms with Crippen LogP contribution < -0.4 is 0 Å². The molecule has 2 rings (SSSR count). The maximum atomic E-state index is 13.8. The molecule has 1 fully saturated rings. The molecule has 1 aromatic rings. The molecule has 0 bridgehead atoms. The molecule has 0 amide bonds. The fourth-order valence-corrected chi connectivity index (χ4v) is 2.72. The lowest BCUT2D eigenvalue weighted by atomic mass is 9.79. The molecule has 0 unspecified atom stereocenters. The Morgan fingerprint density at radius 2 is 1.68 bits per heavy atom. The number of halogens is 2. The van der Waals surface area contributed by atoms with Gasteiger partial charge in [-0.05, 0) is 42.4 Å². The molecule has 0 radical (unpaired) electrons. The summed E-state index contributed by atoms with van der Waals surface area (Å²) in [7, 11) is 1.11. The zero-order valence-electron chi connectivity index (χ0n) is 11.2. The molecule has 104 valence electrons. The quantitative estimate of drug-likeness (QED) is 0.756. The first-order valence-corrected chi connectivity index (χ1v) is 6.60. The third-order valence-electron chi connectivity index (χ3n) is 3.94. The molecule has 0 heterocycles. The van der Waals surface area contributed by atoms with E-state index in [0.717, 1.165) is 32.8 Å². The van der Waals surface area contributed by atoms with Crippen molar-refractivity contribution in [2.24, 2.45) is 5.92 Å². The molecule has 0 atom stereocenters. The number of hydrogen-bond donors (Lipinski definition) is 0. The molecule has 1 saturated carbocycles. The van der Waals surface area contributed by atoms with Gasteiger partial charge in [-0.3, -0.25) is 0 Å². The maximum absolute atomic E-state index is 13.8. The molecule has 1 aliphatic carbocycles. The maximum Gasteiger partial charge on any atom is 0.343 e. The minimum absolute atomic E-state index is 0.187. The molecule has 0 saturated heterocycles. The standard InChI is InChI=1S/C15H18F2O2/c1-9-3-5-10(6-4-9)11-7-12(16)14(13(17)8-11)15(18)19-2/h7-10H,3-6H2,1-2H3. The summed E-state index contributed by atoms with van der Waals surface area (Å²) in [6.45, 7) is 2.19. The molecular formula is C15H18F2O2. The van der Waals surface area contributed by atoms with Crippen LogP contribution in [0.5, 0.6) is 0 Å². The van der Waals surface area contributed by atoms with Crippen molar-refractivity contribution in [2.75, 3.05) is 7.11 Å².